The smallest absolute Gasteiger partial charge is 0.273 e. The van der Waals surface area contributed by atoms with Crippen molar-refractivity contribution in [3.8, 4) is 0 Å². The lowest BCUT2D eigenvalue weighted by atomic mass is 9.92. The number of nitrogens with zero attached hydrogens (tertiary/aromatic N) is 1. The van der Waals surface area contributed by atoms with E-state index < -0.39 is 10.5 Å². The van der Waals surface area contributed by atoms with E-state index in [0.717, 1.165) is 0 Å². The van der Waals surface area contributed by atoms with Crippen molar-refractivity contribution in [2.24, 2.45) is 5.73 Å². The van der Waals surface area contributed by atoms with Gasteiger partial charge < -0.3 is 11.1 Å². The fourth-order valence-corrected chi connectivity index (χ4v) is 2.03. The summed E-state index contributed by atoms with van der Waals surface area (Å²) >= 11 is 0. The summed E-state index contributed by atoms with van der Waals surface area (Å²) in [5.74, 6) is -0.331. The summed E-state index contributed by atoms with van der Waals surface area (Å²) in [6.45, 7) is 5.88. The average molecular weight is 316 g/mol. The first-order valence-corrected chi connectivity index (χ1v) is 6.66. The zero-order chi connectivity index (χ0) is 15.3. The van der Waals surface area contributed by atoms with Crippen molar-refractivity contribution < 1.29 is 9.72 Å². The molecule has 3 N–H and O–H groups in total. The Kier molecular flexibility index (Phi) is 7.32. The lowest BCUT2D eigenvalue weighted by molar-refractivity contribution is -0.385. The van der Waals surface area contributed by atoms with E-state index in [-0.39, 0.29) is 29.6 Å². The summed E-state index contributed by atoms with van der Waals surface area (Å²) in [6.07, 6.45) is 1.42. The topological polar surface area (TPSA) is 98.3 Å². The molecule has 1 aromatic carbocycles. The van der Waals surface area contributed by atoms with E-state index in [1.54, 1.807) is 19.1 Å². The van der Waals surface area contributed by atoms with Gasteiger partial charge in [-0.05, 0) is 25.8 Å². The van der Waals surface area contributed by atoms with Gasteiger partial charge in [-0.25, -0.2) is 0 Å². The van der Waals surface area contributed by atoms with Gasteiger partial charge in [0, 0.05) is 23.7 Å². The second-order valence-electron chi connectivity index (χ2n) is 4.90. The number of benzene rings is 1. The molecule has 0 radical (unpaired) electrons. The van der Waals surface area contributed by atoms with Crippen LogP contribution >= 0.6 is 12.4 Å². The van der Waals surface area contributed by atoms with Crippen LogP contribution in [0.4, 0.5) is 5.69 Å². The van der Waals surface area contributed by atoms with E-state index in [0.29, 0.717) is 24.9 Å². The van der Waals surface area contributed by atoms with Gasteiger partial charge in [-0.1, -0.05) is 19.9 Å². The first-order valence-electron chi connectivity index (χ1n) is 6.66. The molecule has 0 aliphatic rings. The van der Waals surface area contributed by atoms with Gasteiger partial charge in [0.25, 0.3) is 11.6 Å². The number of halogens is 1. The summed E-state index contributed by atoms with van der Waals surface area (Å²) in [4.78, 5) is 22.7. The largest absolute Gasteiger partial charge is 0.345 e. The Labute approximate surface area is 130 Å². The minimum atomic E-state index is -0.484. The summed E-state index contributed by atoms with van der Waals surface area (Å²) in [5, 5.41) is 13.8. The zero-order valence-corrected chi connectivity index (χ0v) is 13.3. The molecule has 7 heteroatoms. The maximum absolute atomic E-state index is 12.2. The van der Waals surface area contributed by atoms with E-state index in [9.17, 15) is 14.9 Å². The maximum Gasteiger partial charge on any atom is 0.273 e. The predicted octanol–water partition coefficient (Wildman–Crippen LogP) is 2.57. The summed E-state index contributed by atoms with van der Waals surface area (Å²) in [7, 11) is 0. The van der Waals surface area contributed by atoms with Crippen molar-refractivity contribution in [2.45, 2.75) is 39.2 Å². The minimum absolute atomic E-state index is 0. The minimum Gasteiger partial charge on any atom is -0.345 e. The van der Waals surface area contributed by atoms with E-state index in [2.05, 4.69) is 5.32 Å². The lowest BCUT2D eigenvalue weighted by Crippen LogP contribution is -2.52. The van der Waals surface area contributed by atoms with Gasteiger partial charge in [0.2, 0.25) is 0 Å². The zero-order valence-electron chi connectivity index (χ0n) is 12.5. The Bertz CT molecular complexity index is 508. The first-order chi connectivity index (χ1) is 9.39. The number of carbonyl (C=O) groups excluding carboxylic acids is 1. The van der Waals surface area contributed by atoms with Gasteiger partial charge >= 0.3 is 0 Å². The van der Waals surface area contributed by atoms with E-state index in [1.807, 2.05) is 13.8 Å². The summed E-state index contributed by atoms with van der Waals surface area (Å²) in [6, 6.07) is 4.47. The molecule has 21 heavy (non-hydrogen) atoms. The Morgan fingerprint density at radius 2 is 1.95 bits per heavy atom. The number of nitro groups is 1. The number of nitro benzene ring substituents is 1. The normalized spacial score (nSPS) is 10.7. The summed E-state index contributed by atoms with van der Waals surface area (Å²) in [5.41, 5.74) is 6.03. The third kappa shape index (κ3) is 4.41. The van der Waals surface area contributed by atoms with Crippen molar-refractivity contribution in [3.05, 3.63) is 39.4 Å². The standard InChI is InChI=1S/C14H21N3O3.ClH/c1-4-14(5-2,9-15)16-13(18)11-7-6-10(3)12(8-11)17(19)20;/h6-8H,4-5,9,15H2,1-3H3,(H,16,18);1H. The van der Waals surface area contributed by atoms with Crippen LogP contribution in [-0.2, 0) is 0 Å². The fraction of sp³-hybridized carbons (Fsp3) is 0.500. The number of hydrogen-bond donors (Lipinski definition) is 2. The Morgan fingerprint density at radius 1 is 1.38 bits per heavy atom. The van der Waals surface area contributed by atoms with Gasteiger partial charge in [0.15, 0.2) is 0 Å². The second kappa shape index (κ2) is 7.95. The highest BCUT2D eigenvalue weighted by Crippen LogP contribution is 2.20. The predicted molar refractivity (Wildman–Crippen MR) is 84.9 cm³/mol. The SMILES string of the molecule is CCC(CC)(CN)NC(=O)c1ccc(C)c([N+](=O)[O-])c1.Cl. The van der Waals surface area contributed by atoms with Gasteiger partial charge in [0.05, 0.1) is 10.5 Å². The fourth-order valence-electron chi connectivity index (χ4n) is 2.03. The van der Waals surface area contributed by atoms with Crippen LogP contribution in [0.25, 0.3) is 0 Å². The van der Waals surface area contributed by atoms with Crippen molar-refractivity contribution in [3.63, 3.8) is 0 Å². The molecule has 0 saturated carbocycles. The quantitative estimate of drug-likeness (QED) is 0.622. The third-order valence-electron chi connectivity index (χ3n) is 3.79. The molecule has 0 spiro atoms. The number of hydrogen-bond acceptors (Lipinski definition) is 4. The molecule has 1 amide bonds. The highest BCUT2D eigenvalue weighted by atomic mass is 35.5. The molecule has 0 aliphatic heterocycles. The van der Waals surface area contributed by atoms with E-state index in [1.165, 1.54) is 6.07 Å². The number of rotatable bonds is 6. The first kappa shape index (κ1) is 19.3. The molecule has 6 nitrogen and oxygen atoms in total. The van der Waals surface area contributed by atoms with Crippen LogP contribution in [0.5, 0.6) is 0 Å². The molecule has 0 heterocycles. The highest BCUT2D eigenvalue weighted by Gasteiger charge is 2.27. The monoisotopic (exact) mass is 315 g/mol. The number of nitrogens with one attached hydrogen (secondary N) is 1. The molecule has 0 saturated heterocycles. The molecule has 1 aromatic rings. The van der Waals surface area contributed by atoms with E-state index in [4.69, 9.17) is 5.73 Å². The van der Waals surface area contributed by atoms with Crippen LogP contribution in [0.2, 0.25) is 0 Å². The Hall–Kier alpha value is -1.66. The molecule has 0 fully saturated rings. The second-order valence-corrected chi connectivity index (χ2v) is 4.90. The van der Waals surface area contributed by atoms with Crippen molar-refractivity contribution in [1.29, 1.82) is 0 Å². The lowest BCUT2D eigenvalue weighted by Gasteiger charge is -2.31. The molecule has 118 valence electrons. The maximum atomic E-state index is 12.2. The van der Waals surface area contributed by atoms with Crippen LogP contribution in [0.3, 0.4) is 0 Å². The molecule has 0 aliphatic carbocycles. The van der Waals surface area contributed by atoms with E-state index >= 15 is 0 Å². The molecule has 1 rings (SSSR count). The molecule has 0 aromatic heterocycles. The van der Waals surface area contributed by atoms with Gasteiger partial charge in [-0.3, -0.25) is 14.9 Å². The van der Waals surface area contributed by atoms with Crippen LogP contribution in [0.1, 0.15) is 42.6 Å². The average Bonchev–Trinajstić information content (AvgIpc) is 2.45. The number of nitrogens with two attached hydrogens (primary N) is 1. The van der Waals surface area contributed by atoms with Crippen molar-refractivity contribution >= 4 is 24.0 Å². The van der Waals surface area contributed by atoms with Crippen LogP contribution in [0.15, 0.2) is 18.2 Å². The van der Waals surface area contributed by atoms with Gasteiger partial charge in [0.1, 0.15) is 0 Å². The van der Waals surface area contributed by atoms with Crippen molar-refractivity contribution in [2.75, 3.05) is 6.54 Å². The number of amides is 1. The summed E-state index contributed by atoms with van der Waals surface area (Å²) < 4.78 is 0. The Balaban J connectivity index is 0.00000400. The van der Waals surface area contributed by atoms with Gasteiger partial charge in [-0.2, -0.15) is 0 Å². The van der Waals surface area contributed by atoms with Crippen LogP contribution < -0.4 is 11.1 Å². The molecule has 0 bridgehead atoms. The molecule has 0 atom stereocenters. The van der Waals surface area contributed by atoms with Crippen LogP contribution in [-0.4, -0.2) is 22.9 Å². The number of aryl methyl sites for hydroxylation is 1. The molecular formula is C14H22ClN3O3. The van der Waals surface area contributed by atoms with Crippen LogP contribution in [0, 0.1) is 17.0 Å². The highest BCUT2D eigenvalue weighted by molar-refractivity contribution is 5.95. The molecule has 0 unspecified atom stereocenters. The number of carbonyl (C=O) groups is 1. The van der Waals surface area contributed by atoms with Crippen molar-refractivity contribution in [1.82, 2.24) is 5.32 Å². The Morgan fingerprint density at radius 3 is 2.38 bits per heavy atom. The van der Waals surface area contributed by atoms with Gasteiger partial charge in [-0.15, -0.1) is 12.4 Å². The molecular weight excluding hydrogens is 294 g/mol. The third-order valence-corrected chi connectivity index (χ3v) is 3.79.